The average molecular weight is 512 g/mol. The van der Waals surface area contributed by atoms with Gasteiger partial charge in [-0.25, -0.2) is 4.79 Å². The lowest BCUT2D eigenvalue weighted by Gasteiger charge is -2.36. The predicted octanol–water partition coefficient (Wildman–Crippen LogP) is 4.13. The predicted molar refractivity (Wildman–Crippen MR) is 149 cm³/mol. The Morgan fingerprint density at radius 3 is 2.43 bits per heavy atom. The second-order valence-corrected chi connectivity index (χ2v) is 8.89. The Bertz CT molecular complexity index is 990. The second-order valence-electron chi connectivity index (χ2n) is 8.89. The number of carbonyl (C=O) groups is 2. The smallest absolute Gasteiger partial charge is 0.411 e. The van der Waals surface area contributed by atoms with E-state index in [1.54, 1.807) is 6.07 Å². The number of nitrogens with zero attached hydrogens (tertiary/aromatic N) is 3. The van der Waals surface area contributed by atoms with Gasteiger partial charge in [0.05, 0.1) is 12.3 Å². The third kappa shape index (κ3) is 9.26. The lowest BCUT2D eigenvalue weighted by atomic mass is 10.2. The maximum atomic E-state index is 12.4. The minimum Gasteiger partial charge on any atom is -0.492 e. The Balaban J connectivity index is 1.38. The Kier molecular flexibility index (Phi) is 11.5. The third-order valence-electron chi connectivity index (χ3n) is 6.48. The summed E-state index contributed by atoms with van der Waals surface area (Å²) in [6, 6.07) is 15.3. The standard InChI is InChI=1S/C28H41N5O4/c1-4-31(5-2)15-14-27(34)29-23-10-9-11-24(22-23)33-18-16-32(17-19-33)20-21-37-28(35)30-25-12-7-8-13-26(25)36-6-3/h7-13,22H,4-6,14-21H2,1-3H3,(H,29,34)(H,30,35). The van der Waals surface area contributed by atoms with E-state index in [-0.39, 0.29) is 5.91 Å². The fourth-order valence-electron chi connectivity index (χ4n) is 4.30. The summed E-state index contributed by atoms with van der Waals surface area (Å²) in [4.78, 5) is 31.4. The molecule has 2 amide bonds. The van der Waals surface area contributed by atoms with Gasteiger partial charge in [-0.05, 0) is 50.3 Å². The lowest BCUT2D eigenvalue weighted by Crippen LogP contribution is -2.47. The molecule has 1 heterocycles. The molecule has 9 heteroatoms. The van der Waals surface area contributed by atoms with Gasteiger partial charge >= 0.3 is 6.09 Å². The molecule has 2 aromatic rings. The molecule has 2 N–H and O–H groups in total. The minimum atomic E-state index is -0.484. The summed E-state index contributed by atoms with van der Waals surface area (Å²) >= 11 is 0. The van der Waals surface area contributed by atoms with Gasteiger partial charge in [0, 0.05) is 57.1 Å². The molecule has 1 aliphatic heterocycles. The highest BCUT2D eigenvalue weighted by Crippen LogP contribution is 2.24. The Morgan fingerprint density at radius 2 is 1.70 bits per heavy atom. The van der Waals surface area contributed by atoms with Gasteiger partial charge < -0.3 is 24.6 Å². The van der Waals surface area contributed by atoms with E-state index in [1.165, 1.54) is 0 Å². The van der Waals surface area contributed by atoms with Crippen LogP contribution in [-0.4, -0.2) is 87.4 Å². The first-order valence-corrected chi connectivity index (χ1v) is 13.3. The van der Waals surface area contributed by atoms with Gasteiger partial charge in [0.15, 0.2) is 0 Å². The van der Waals surface area contributed by atoms with Gasteiger partial charge in [-0.3, -0.25) is 15.0 Å². The van der Waals surface area contributed by atoms with E-state index in [4.69, 9.17) is 9.47 Å². The molecule has 0 atom stereocenters. The SMILES string of the molecule is CCOc1ccccc1NC(=O)OCCN1CCN(c2cccc(NC(=O)CCN(CC)CC)c2)CC1. The zero-order valence-corrected chi connectivity index (χ0v) is 22.4. The van der Waals surface area contributed by atoms with Gasteiger partial charge in [0.25, 0.3) is 0 Å². The molecule has 1 fully saturated rings. The van der Waals surface area contributed by atoms with E-state index in [0.717, 1.165) is 57.2 Å². The van der Waals surface area contributed by atoms with Crippen LogP contribution < -0.4 is 20.3 Å². The first kappa shape index (κ1) is 28.3. The van der Waals surface area contributed by atoms with Crippen LogP contribution in [0.1, 0.15) is 27.2 Å². The van der Waals surface area contributed by atoms with Crippen molar-refractivity contribution >= 4 is 29.1 Å². The summed E-state index contributed by atoms with van der Waals surface area (Å²) in [5.41, 5.74) is 2.53. The summed E-state index contributed by atoms with van der Waals surface area (Å²) in [7, 11) is 0. The van der Waals surface area contributed by atoms with Gasteiger partial charge in [0.2, 0.25) is 5.91 Å². The van der Waals surface area contributed by atoms with Crippen LogP contribution in [0.4, 0.5) is 21.9 Å². The molecule has 3 rings (SSSR count). The van der Waals surface area contributed by atoms with Crippen LogP contribution in [0, 0.1) is 0 Å². The minimum absolute atomic E-state index is 0.0410. The van der Waals surface area contributed by atoms with Gasteiger partial charge in [0.1, 0.15) is 12.4 Å². The summed E-state index contributed by atoms with van der Waals surface area (Å²) in [6.45, 7) is 13.8. The van der Waals surface area contributed by atoms with E-state index in [2.05, 4.69) is 45.2 Å². The number of carbonyl (C=O) groups excluding carboxylic acids is 2. The number of piperazine rings is 1. The number of anilines is 3. The van der Waals surface area contributed by atoms with E-state index in [1.807, 2.05) is 43.3 Å². The second kappa shape index (κ2) is 15.1. The van der Waals surface area contributed by atoms with Crippen LogP contribution in [0.25, 0.3) is 0 Å². The number of nitrogens with one attached hydrogen (secondary N) is 2. The summed E-state index contributed by atoms with van der Waals surface area (Å²) in [6.07, 6.45) is 0.00529. The molecule has 0 aliphatic carbocycles. The molecular weight excluding hydrogens is 470 g/mol. The van der Waals surface area contributed by atoms with E-state index >= 15 is 0 Å². The molecule has 0 saturated carbocycles. The number of amides is 2. The molecule has 202 valence electrons. The van der Waals surface area contributed by atoms with Crippen LogP contribution >= 0.6 is 0 Å². The molecule has 0 unspecified atom stereocenters. The van der Waals surface area contributed by atoms with Crippen molar-refractivity contribution in [2.45, 2.75) is 27.2 Å². The highest BCUT2D eigenvalue weighted by atomic mass is 16.5. The monoisotopic (exact) mass is 511 g/mol. The van der Waals surface area contributed by atoms with Crippen molar-refractivity contribution in [3.63, 3.8) is 0 Å². The molecule has 0 bridgehead atoms. The van der Waals surface area contributed by atoms with Crippen molar-refractivity contribution in [1.29, 1.82) is 0 Å². The number of para-hydroxylation sites is 2. The Hall–Kier alpha value is -3.30. The molecule has 2 aromatic carbocycles. The van der Waals surface area contributed by atoms with E-state index in [9.17, 15) is 9.59 Å². The van der Waals surface area contributed by atoms with Crippen molar-refractivity contribution < 1.29 is 19.1 Å². The summed E-state index contributed by atoms with van der Waals surface area (Å²) in [5, 5.41) is 5.79. The fourth-order valence-corrected chi connectivity index (χ4v) is 4.30. The van der Waals surface area contributed by atoms with Gasteiger partial charge in [-0.1, -0.05) is 32.0 Å². The number of rotatable bonds is 13. The van der Waals surface area contributed by atoms with Crippen LogP contribution in [0.2, 0.25) is 0 Å². The summed E-state index contributed by atoms with van der Waals surface area (Å²) < 4.78 is 10.9. The fraction of sp³-hybridized carbons (Fsp3) is 0.500. The zero-order valence-electron chi connectivity index (χ0n) is 22.4. The Morgan fingerprint density at radius 1 is 0.946 bits per heavy atom. The van der Waals surface area contributed by atoms with Crippen molar-refractivity contribution in [3.05, 3.63) is 48.5 Å². The number of hydrogen-bond donors (Lipinski definition) is 2. The molecule has 1 saturated heterocycles. The number of benzene rings is 2. The average Bonchev–Trinajstić information content (AvgIpc) is 2.91. The van der Waals surface area contributed by atoms with Crippen molar-refractivity contribution in [1.82, 2.24) is 9.80 Å². The first-order chi connectivity index (χ1) is 18.0. The molecule has 0 aromatic heterocycles. The number of ether oxygens (including phenoxy) is 2. The van der Waals surface area contributed by atoms with Crippen LogP contribution in [0.15, 0.2) is 48.5 Å². The Labute approximate surface area is 220 Å². The normalized spacial score (nSPS) is 13.9. The maximum absolute atomic E-state index is 12.4. The third-order valence-corrected chi connectivity index (χ3v) is 6.48. The van der Waals surface area contributed by atoms with Crippen LogP contribution in [0.5, 0.6) is 5.75 Å². The maximum Gasteiger partial charge on any atom is 0.411 e. The molecule has 37 heavy (non-hydrogen) atoms. The zero-order chi connectivity index (χ0) is 26.5. The van der Waals surface area contributed by atoms with Gasteiger partial charge in [-0.15, -0.1) is 0 Å². The molecule has 0 radical (unpaired) electrons. The largest absolute Gasteiger partial charge is 0.492 e. The highest BCUT2D eigenvalue weighted by molar-refractivity contribution is 5.91. The van der Waals surface area contributed by atoms with Crippen LogP contribution in [0.3, 0.4) is 0 Å². The van der Waals surface area contributed by atoms with E-state index < -0.39 is 6.09 Å². The van der Waals surface area contributed by atoms with Crippen LogP contribution in [-0.2, 0) is 9.53 Å². The van der Waals surface area contributed by atoms with Crippen molar-refractivity contribution in [2.24, 2.45) is 0 Å². The van der Waals surface area contributed by atoms with Crippen molar-refractivity contribution in [3.8, 4) is 5.75 Å². The molecule has 9 nitrogen and oxygen atoms in total. The lowest BCUT2D eigenvalue weighted by molar-refractivity contribution is -0.116. The molecule has 0 spiro atoms. The first-order valence-electron chi connectivity index (χ1n) is 13.3. The number of hydrogen-bond acceptors (Lipinski definition) is 7. The van der Waals surface area contributed by atoms with Crippen molar-refractivity contribution in [2.75, 3.05) is 81.1 Å². The molecular formula is C28H41N5O4. The quantitative estimate of drug-likeness (QED) is 0.418. The highest BCUT2D eigenvalue weighted by Gasteiger charge is 2.18. The summed E-state index contributed by atoms with van der Waals surface area (Å²) in [5.74, 6) is 0.667. The van der Waals surface area contributed by atoms with Gasteiger partial charge in [-0.2, -0.15) is 0 Å². The van der Waals surface area contributed by atoms with E-state index in [0.29, 0.717) is 37.6 Å². The topological polar surface area (TPSA) is 86.4 Å². The molecule has 1 aliphatic rings.